The van der Waals surface area contributed by atoms with Crippen LogP contribution in [0.3, 0.4) is 0 Å². The summed E-state index contributed by atoms with van der Waals surface area (Å²) in [4.78, 5) is 12.6. The van der Waals surface area contributed by atoms with E-state index in [0.717, 1.165) is 21.3 Å². The first-order valence-electron chi connectivity index (χ1n) is 8.99. The predicted molar refractivity (Wildman–Crippen MR) is 112 cm³/mol. The number of carbonyl (C=O) groups is 1. The molecule has 3 aromatic rings. The fourth-order valence-electron chi connectivity index (χ4n) is 2.73. The Hall–Kier alpha value is -3.13. The van der Waals surface area contributed by atoms with Gasteiger partial charge in [0.15, 0.2) is 5.82 Å². The highest BCUT2D eigenvalue weighted by atomic mass is 79.9. The van der Waals surface area contributed by atoms with E-state index in [1.165, 1.54) is 6.07 Å². The van der Waals surface area contributed by atoms with Gasteiger partial charge in [0.05, 0.1) is 0 Å². The molecule has 0 bridgehead atoms. The fourth-order valence-corrected chi connectivity index (χ4v) is 3.14. The topological polar surface area (TPSA) is 84.8 Å². The summed E-state index contributed by atoms with van der Waals surface area (Å²) >= 11 is 3.52. The van der Waals surface area contributed by atoms with Crippen LogP contribution in [0.5, 0.6) is 11.6 Å². The summed E-state index contributed by atoms with van der Waals surface area (Å²) in [6, 6.07) is 19.0. The van der Waals surface area contributed by atoms with Crippen molar-refractivity contribution in [2.24, 2.45) is 0 Å². The van der Waals surface area contributed by atoms with E-state index in [9.17, 15) is 4.79 Å². The van der Waals surface area contributed by atoms with Crippen LogP contribution >= 0.6 is 15.9 Å². The minimum atomic E-state index is -1.42. The zero-order valence-corrected chi connectivity index (χ0v) is 17.4. The number of hydrogen-bond acceptors (Lipinski definition) is 6. The molecule has 2 aromatic carbocycles. The van der Waals surface area contributed by atoms with E-state index in [1.54, 1.807) is 6.07 Å². The Bertz CT molecular complexity index is 952. The maximum absolute atomic E-state index is 10.6. The van der Waals surface area contributed by atoms with Crippen molar-refractivity contribution in [1.82, 2.24) is 10.2 Å². The van der Waals surface area contributed by atoms with Crippen LogP contribution in [0, 0.1) is 0 Å². The summed E-state index contributed by atoms with van der Waals surface area (Å²) in [5.74, 6) is 1.33. The van der Waals surface area contributed by atoms with Gasteiger partial charge in [-0.05, 0) is 36.8 Å². The van der Waals surface area contributed by atoms with Crippen LogP contribution < -0.4 is 14.4 Å². The number of anilines is 1. The summed E-state index contributed by atoms with van der Waals surface area (Å²) in [6.07, 6.45) is -1.42. The van der Waals surface area contributed by atoms with Crippen molar-refractivity contribution in [2.75, 3.05) is 11.4 Å². The van der Waals surface area contributed by atoms with Crippen LogP contribution in [0.1, 0.15) is 18.1 Å². The van der Waals surface area contributed by atoms with Crippen molar-refractivity contribution in [3.8, 4) is 11.6 Å². The molecule has 8 heteroatoms. The molecule has 0 atom stereocenters. The summed E-state index contributed by atoms with van der Waals surface area (Å²) < 4.78 is 11.5. The lowest BCUT2D eigenvalue weighted by molar-refractivity contribution is 0.142. The first kappa shape index (κ1) is 20.6. The molecule has 0 spiro atoms. The second-order valence-electron chi connectivity index (χ2n) is 6.14. The Balaban J connectivity index is 1.76. The molecule has 0 fully saturated rings. The lowest BCUT2D eigenvalue weighted by Crippen LogP contribution is -2.24. The number of carboxylic acid groups (broad SMARTS) is 1. The van der Waals surface area contributed by atoms with Gasteiger partial charge in [0, 0.05) is 29.2 Å². The van der Waals surface area contributed by atoms with Gasteiger partial charge in [-0.2, -0.15) is 0 Å². The standard InChI is InChI=1S/C21H20BrN3O4/c1-2-25(19-10-11-20(24-23-19)29-21(26)27)13-16-12-17(22)8-9-18(16)28-14-15-6-4-3-5-7-15/h3-12H,2,13-14H2,1H3,(H,26,27). The zero-order chi connectivity index (χ0) is 20.6. The lowest BCUT2D eigenvalue weighted by Gasteiger charge is -2.23. The molecular formula is C21H20BrN3O4. The van der Waals surface area contributed by atoms with E-state index in [2.05, 4.69) is 30.9 Å². The van der Waals surface area contributed by atoms with Gasteiger partial charge in [-0.3, -0.25) is 0 Å². The largest absolute Gasteiger partial charge is 0.512 e. The first-order chi connectivity index (χ1) is 14.0. The maximum Gasteiger partial charge on any atom is 0.512 e. The number of aromatic nitrogens is 2. The molecule has 1 heterocycles. The van der Waals surface area contributed by atoms with Crippen LogP contribution in [-0.4, -0.2) is 28.0 Å². The van der Waals surface area contributed by atoms with Crippen molar-refractivity contribution < 1.29 is 19.4 Å². The summed E-state index contributed by atoms with van der Waals surface area (Å²) in [6.45, 7) is 3.71. The number of ether oxygens (including phenoxy) is 2. The summed E-state index contributed by atoms with van der Waals surface area (Å²) in [7, 11) is 0. The number of nitrogens with zero attached hydrogens (tertiary/aromatic N) is 3. The van der Waals surface area contributed by atoms with E-state index >= 15 is 0 Å². The summed E-state index contributed by atoms with van der Waals surface area (Å²) in [5, 5.41) is 16.5. The van der Waals surface area contributed by atoms with Gasteiger partial charge >= 0.3 is 6.16 Å². The van der Waals surface area contributed by atoms with Gasteiger partial charge in [-0.25, -0.2) is 4.79 Å². The van der Waals surface area contributed by atoms with Crippen molar-refractivity contribution in [2.45, 2.75) is 20.1 Å². The smallest absolute Gasteiger partial charge is 0.489 e. The molecule has 0 aliphatic rings. The Labute approximate surface area is 177 Å². The molecule has 3 rings (SSSR count). The van der Waals surface area contributed by atoms with Gasteiger partial charge < -0.3 is 19.5 Å². The summed E-state index contributed by atoms with van der Waals surface area (Å²) in [5.41, 5.74) is 2.08. The Morgan fingerprint density at radius 1 is 1.10 bits per heavy atom. The molecule has 150 valence electrons. The molecule has 0 unspecified atom stereocenters. The molecule has 0 aliphatic heterocycles. The van der Waals surface area contributed by atoms with Crippen LogP contribution in [0.2, 0.25) is 0 Å². The third-order valence-corrected chi connectivity index (χ3v) is 4.64. The van der Waals surface area contributed by atoms with Gasteiger partial charge in [0.1, 0.15) is 12.4 Å². The molecule has 0 saturated heterocycles. The Morgan fingerprint density at radius 2 is 1.90 bits per heavy atom. The van der Waals surface area contributed by atoms with Crippen molar-refractivity contribution in [1.29, 1.82) is 0 Å². The predicted octanol–water partition coefficient (Wildman–Crippen LogP) is 4.90. The number of halogens is 1. The minimum Gasteiger partial charge on any atom is -0.489 e. The Morgan fingerprint density at radius 3 is 2.55 bits per heavy atom. The highest BCUT2D eigenvalue weighted by Crippen LogP contribution is 2.27. The third kappa shape index (κ3) is 5.92. The van der Waals surface area contributed by atoms with E-state index in [4.69, 9.17) is 9.84 Å². The molecule has 1 aromatic heterocycles. The SMILES string of the molecule is CCN(Cc1cc(Br)ccc1OCc1ccccc1)c1ccc(OC(=O)O)nn1. The molecule has 0 amide bonds. The zero-order valence-electron chi connectivity index (χ0n) is 15.8. The van der Waals surface area contributed by atoms with E-state index < -0.39 is 6.16 Å². The second kappa shape index (κ2) is 9.88. The lowest BCUT2D eigenvalue weighted by atomic mass is 10.1. The minimum absolute atomic E-state index is 0.0633. The third-order valence-electron chi connectivity index (χ3n) is 4.14. The number of benzene rings is 2. The van der Waals surface area contributed by atoms with Crippen LogP contribution in [0.15, 0.2) is 65.1 Å². The highest BCUT2D eigenvalue weighted by molar-refractivity contribution is 9.10. The monoisotopic (exact) mass is 457 g/mol. The molecule has 0 radical (unpaired) electrons. The van der Waals surface area contributed by atoms with Crippen molar-refractivity contribution in [3.63, 3.8) is 0 Å². The average molecular weight is 458 g/mol. The van der Waals surface area contributed by atoms with Crippen molar-refractivity contribution >= 4 is 27.9 Å². The highest BCUT2D eigenvalue weighted by Gasteiger charge is 2.13. The molecule has 7 nitrogen and oxygen atoms in total. The normalized spacial score (nSPS) is 10.4. The quantitative estimate of drug-likeness (QED) is 0.481. The van der Waals surface area contributed by atoms with Gasteiger partial charge in [-0.1, -0.05) is 46.3 Å². The molecular weight excluding hydrogens is 438 g/mol. The Kier molecular flexibility index (Phi) is 7.02. The fraction of sp³-hybridized carbons (Fsp3) is 0.190. The van der Waals surface area contributed by atoms with Gasteiger partial charge in [-0.15, -0.1) is 10.2 Å². The molecule has 1 N–H and O–H groups in total. The van der Waals surface area contributed by atoms with Crippen LogP contribution in [0.4, 0.5) is 10.6 Å². The number of rotatable bonds is 8. The second-order valence-corrected chi connectivity index (χ2v) is 7.05. The maximum atomic E-state index is 10.6. The van der Waals surface area contributed by atoms with E-state index in [0.29, 0.717) is 25.5 Å². The number of hydrogen-bond donors (Lipinski definition) is 1. The van der Waals surface area contributed by atoms with Crippen LogP contribution in [0.25, 0.3) is 0 Å². The van der Waals surface area contributed by atoms with Crippen LogP contribution in [-0.2, 0) is 13.2 Å². The van der Waals surface area contributed by atoms with Crippen molar-refractivity contribution in [3.05, 3.63) is 76.3 Å². The van der Waals surface area contributed by atoms with E-state index in [1.807, 2.05) is 60.4 Å². The molecule has 0 aliphatic carbocycles. The first-order valence-corrected chi connectivity index (χ1v) is 9.79. The molecule has 0 saturated carbocycles. The van der Waals surface area contributed by atoms with E-state index in [-0.39, 0.29) is 5.88 Å². The molecule has 29 heavy (non-hydrogen) atoms. The average Bonchev–Trinajstić information content (AvgIpc) is 2.72. The van der Waals surface area contributed by atoms with Gasteiger partial charge in [0.2, 0.25) is 5.88 Å². The van der Waals surface area contributed by atoms with Gasteiger partial charge in [0.25, 0.3) is 0 Å².